The van der Waals surface area contributed by atoms with Crippen molar-refractivity contribution in [3.05, 3.63) is 23.6 Å². The Balaban J connectivity index is 1.58. The molecule has 1 saturated heterocycles. The number of thiazole rings is 1. The van der Waals surface area contributed by atoms with Crippen molar-refractivity contribution in [2.45, 2.75) is 6.42 Å². The highest BCUT2D eigenvalue weighted by atomic mass is 32.2. The predicted octanol–water partition coefficient (Wildman–Crippen LogP) is 2.55. The minimum absolute atomic E-state index is 0.105. The summed E-state index contributed by atoms with van der Waals surface area (Å²) in [6.45, 7) is 0.541. The zero-order valence-electron chi connectivity index (χ0n) is 15.0. The fraction of sp³-hybridized carbons (Fsp3) is 0.412. The largest absolute Gasteiger partial charge is 0.493 e. The van der Waals surface area contributed by atoms with Crippen LogP contribution in [0.4, 0.5) is 5.13 Å². The minimum Gasteiger partial charge on any atom is -0.493 e. The molecule has 0 radical (unpaired) electrons. The summed E-state index contributed by atoms with van der Waals surface area (Å²) < 4.78 is 33.6. The van der Waals surface area contributed by atoms with Gasteiger partial charge < -0.3 is 20.1 Å². The van der Waals surface area contributed by atoms with Crippen LogP contribution in [0.25, 0.3) is 11.3 Å². The standard InChI is InChI=1S/C17H21N3O4S3/c1-23-14-4-3-12(7-15(14)24-2)13-9-26-17(19-13)20-16(25)18-8-11-5-6-27(21,22)10-11/h3-4,7,9,11H,5-6,8,10H2,1-2H3,(H2,18,19,20,25)/t11-/m0/s1. The van der Waals surface area contributed by atoms with Crippen molar-refractivity contribution in [2.24, 2.45) is 5.92 Å². The predicted molar refractivity (Wildman–Crippen MR) is 112 cm³/mol. The SMILES string of the molecule is COc1ccc(-c2csc(NC(=S)NC[C@@H]3CCS(=O)(=O)C3)n2)cc1OC. The Morgan fingerprint density at radius 1 is 1.33 bits per heavy atom. The number of hydrogen-bond acceptors (Lipinski definition) is 7. The molecule has 1 atom stereocenters. The fourth-order valence-corrected chi connectivity index (χ4v) is 5.70. The van der Waals surface area contributed by atoms with Crippen molar-refractivity contribution in [2.75, 3.05) is 37.6 Å². The van der Waals surface area contributed by atoms with E-state index in [1.807, 2.05) is 23.6 Å². The van der Waals surface area contributed by atoms with E-state index < -0.39 is 9.84 Å². The summed E-state index contributed by atoms with van der Waals surface area (Å²) in [4.78, 5) is 4.54. The Kier molecular flexibility index (Phi) is 6.18. The van der Waals surface area contributed by atoms with E-state index in [2.05, 4.69) is 15.6 Å². The minimum atomic E-state index is -2.87. The average Bonchev–Trinajstić information content (AvgIpc) is 3.25. The van der Waals surface area contributed by atoms with Crippen molar-refractivity contribution in [3.63, 3.8) is 0 Å². The van der Waals surface area contributed by atoms with Crippen LogP contribution in [0.15, 0.2) is 23.6 Å². The lowest BCUT2D eigenvalue weighted by Crippen LogP contribution is -2.33. The highest BCUT2D eigenvalue weighted by Gasteiger charge is 2.27. The van der Waals surface area contributed by atoms with E-state index in [4.69, 9.17) is 21.7 Å². The molecule has 1 aromatic carbocycles. The van der Waals surface area contributed by atoms with Gasteiger partial charge in [-0.25, -0.2) is 13.4 Å². The van der Waals surface area contributed by atoms with Gasteiger partial charge >= 0.3 is 0 Å². The van der Waals surface area contributed by atoms with Crippen LogP contribution in [0.2, 0.25) is 0 Å². The third kappa shape index (κ3) is 5.08. The summed E-state index contributed by atoms with van der Waals surface area (Å²) in [7, 11) is 0.314. The molecule has 7 nitrogen and oxygen atoms in total. The first-order valence-electron chi connectivity index (χ1n) is 8.33. The molecule has 2 N–H and O–H groups in total. The second kappa shape index (κ2) is 8.41. The molecule has 1 aliphatic heterocycles. The van der Waals surface area contributed by atoms with Gasteiger partial charge in [-0.2, -0.15) is 0 Å². The Labute approximate surface area is 168 Å². The zero-order chi connectivity index (χ0) is 19.4. The van der Waals surface area contributed by atoms with Gasteiger partial charge in [-0.05, 0) is 42.8 Å². The Morgan fingerprint density at radius 2 is 2.11 bits per heavy atom. The van der Waals surface area contributed by atoms with Crippen LogP contribution in [-0.4, -0.2) is 50.8 Å². The molecule has 0 spiro atoms. The Morgan fingerprint density at radius 3 is 2.78 bits per heavy atom. The fourth-order valence-electron chi connectivity index (χ4n) is 2.87. The first kappa shape index (κ1) is 19.8. The molecule has 0 amide bonds. The summed E-state index contributed by atoms with van der Waals surface area (Å²) in [5.41, 5.74) is 1.71. The van der Waals surface area contributed by atoms with Gasteiger partial charge in [0.05, 0.1) is 31.4 Å². The lowest BCUT2D eigenvalue weighted by Gasteiger charge is -2.11. The maximum Gasteiger partial charge on any atom is 0.189 e. The molecule has 1 aliphatic rings. The molecule has 1 fully saturated rings. The lowest BCUT2D eigenvalue weighted by molar-refractivity contribution is 0.355. The normalized spacial score (nSPS) is 18.1. The third-order valence-electron chi connectivity index (χ3n) is 4.28. The molecule has 2 aromatic rings. The molecule has 27 heavy (non-hydrogen) atoms. The number of nitrogens with zero attached hydrogens (tertiary/aromatic N) is 1. The van der Waals surface area contributed by atoms with E-state index in [9.17, 15) is 8.42 Å². The van der Waals surface area contributed by atoms with Crippen LogP contribution in [0.5, 0.6) is 11.5 Å². The number of benzene rings is 1. The smallest absolute Gasteiger partial charge is 0.189 e. The Hall–Kier alpha value is -1.91. The van der Waals surface area contributed by atoms with Gasteiger partial charge in [0.25, 0.3) is 0 Å². The van der Waals surface area contributed by atoms with Gasteiger partial charge in [0.1, 0.15) is 0 Å². The maximum atomic E-state index is 11.5. The molecule has 0 aliphatic carbocycles. The van der Waals surface area contributed by atoms with Crippen LogP contribution in [0.1, 0.15) is 6.42 Å². The van der Waals surface area contributed by atoms with Crippen LogP contribution in [0.3, 0.4) is 0 Å². The van der Waals surface area contributed by atoms with Gasteiger partial charge in [-0.3, -0.25) is 0 Å². The van der Waals surface area contributed by atoms with Gasteiger partial charge in [0, 0.05) is 17.5 Å². The van der Waals surface area contributed by atoms with Crippen LogP contribution in [0, 0.1) is 5.92 Å². The maximum absolute atomic E-state index is 11.5. The number of aromatic nitrogens is 1. The Bertz CT molecular complexity index is 927. The van der Waals surface area contributed by atoms with Crippen LogP contribution < -0.4 is 20.1 Å². The lowest BCUT2D eigenvalue weighted by atomic mass is 10.1. The van der Waals surface area contributed by atoms with E-state index >= 15 is 0 Å². The molecule has 10 heteroatoms. The van der Waals surface area contributed by atoms with Gasteiger partial charge in [-0.1, -0.05) is 0 Å². The van der Waals surface area contributed by atoms with E-state index in [0.29, 0.717) is 34.7 Å². The molecule has 0 bridgehead atoms. The highest BCUT2D eigenvalue weighted by molar-refractivity contribution is 7.91. The number of thiocarbonyl (C=S) groups is 1. The summed E-state index contributed by atoms with van der Waals surface area (Å²) in [5, 5.41) is 9.16. The number of sulfone groups is 1. The monoisotopic (exact) mass is 427 g/mol. The van der Waals surface area contributed by atoms with Crippen molar-refractivity contribution in [1.82, 2.24) is 10.3 Å². The highest BCUT2D eigenvalue weighted by Crippen LogP contribution is 2.33. The number of anilines is 1. The zero-order valence-corrected chi connectivity index (χ0v) is 17.5. The van der Waals surface area contributed by atoms with Crippen molar-refractivity contribution >= 4 is 43.6 Å². The molecular formula is C17H21N3O4S3. The molecule has 1 aromatic heterocycles. The molecular weight excluding hydrogens is 406 g/mol. The van der Waals surface area contributed by atoms with Gasteiger partial charge in [0.2, 0.25) is 0 Å². The first-order chi connectivity index (χ1) is 12.9. The van der Waals surface area contributed by atoms with Crippen LogP contribution in [-0.2, 0) is 9.84 Å². The number of ether oxygens (including phenoxy) is 2. The molecule has 2 heterocycles. The molecule has 0 saturated carbocycles. The topological polar surface area (TPSA) is 89.6 Å². The molecule has 0 unspecified atom stereocenters. The summed E-state index contributed by atoms with van der Waals surface area (Å²) >= 11 is 6.72. The van der Waals surface area contributed by atoms with E-state index in [0.717, 1.165) is 11.3 Å². The summed E-state index contributed by atoms with van der Waals surface area (Å²) in [5.74, 6) is 1.90. The number of methoxy groups -OCH3 is 2. The summed E-state index contributed by atoms with van der Waals surface area (Å²) in [6, 6.07) is 5.62. The van der Waals surface area contributed by atoms with E-state index in [-0.39, 0.29) is 17.4 Å². The number of rotatable bonds is 6. The molecule has 146 valence electrons. The van der Waals surface area contributed by atoms with Crippen LogP contribution >= 0.6 is 23.6 Å². The number of hydrogen-bond donors (Lipinski definition) is 2. The quantitative estimate of drug-likeness (QED) is 0.680. The third-order valence-corrected chi connectivity index (χ3v) is 7.12. The van der Waals surface area contributed by atoms with E-state index in [1.54, 1.807) is 14.2 Å². The average molecular weight is 428 g/mol. The molecule has 3 rings (SSSR count). The van der Waals surface area contributed by atoms with E-state index in [1.165, 1.54) is 11.3 Å². The van der Waals surface area contributed by atoms with Crippen molar-refractivity contribution in [1.29, 1.82) is 0 Å². The first-order valence-corrected chi connectivity index (χ1v) is 11.4. The van der Waals surface area contributed by atoms with Gasteiger partial charge in [0.15, 0.2) is 31.6 Å². The van der Waals surface area contributed by atoms with Gasteiger partial charge in [-0.15, -0.1) is 11.3 Å². The second-order valence-electron chi connectivity index (χ2n) is 6.21. The van der Waals surface area contributed by atoms with Crippen molar-refractivity contribution in [3.8, 4) is 22.8 Å². The summed E-state index contributed by atoms with van der Waals surface area (Å²) in [6.07, 6.45) is 0.679. The second-order valence-corrected chi connectivity index (χ2v) is 9.71. The number of nitrogens with one attached hydrogen (secondary N) is 2. The van der Waals surface area contributed by atoms with Crippen molar-refractivity contribution < 1.29 is 17.9 Å².